The van der Waals surface area contributed by atoms with Crippen molar-refractivity contribution in [2.75, 3.05) is 18.4 Å². The Hall–Kier alpha value is -0.870. The van der Waals surface area contributed by atoms with E-state index < -0.39 is 0 Å². The van der Waals surface area contributed by atoms with E-state index >= 15 is 0 Å². The summed E-state index contributed by atoms with van der Waals surface area (Å²) >= 11 is 6.04. The van der Waals surface area contributed by atoms with E-state index in [0.717, 1.165) is 5.82 Å². The Labute approximate surface area is 100 Å². The minimum Gasteiger partial charge on any atom is -0.364 e. The lowest BCUT2D eigenvalue weighted by Crippen LogP contribution is -2.34. The second-order valence-electron chi connectivity index (χ2n) is 4.50. The normalized spacial score (nSPS) is 29.3. The van der Waals surface area contributed by atoms with Gasteiger partial charge in [-0.3, -0.25) is 4.90 Å². The summed E-state index contributed by atoms with van der Waals surface area (Å²) in [7, 11) is 0. The molecule has 0 radical (unpaired) electrons. The van der Waals surface area contributed by atoms with E-state index in [2.05, 4.69) is 20.2 Å². The van der Waals surface area contributed by atoms with Gasteiger partial charge in [0.25, 0.3) is 0 Å². The maximum absolute atomic E-state index is 6.04. The lowest BCUT2D eigenvalue weighted by atomic mass is 10.1. The van der Waals surface area contributed by atoms with Gasteiger partial charge in [-0.15, -0.1) is 0 Å². The van der Waals surface area contributed by atoms with E-state index in [-0.39, 0.29) is 0 Å². The molecule has 2 fully saturated rings. The highest BCUT2D eigenvalue weighted by Gasteiger charge is 2.37. The van der Waals surface area contributed by atoms with Crippen LogP contribution in [-0.2, 0) is 0 Å². The maximum atomic E-state index is 6.04. The predicted octanol–water partition coefficient (Wildman–Crippen LogP) is 1.78. The highest BCUT2D eigenvalue weighted by Crippen LogP contribution is 2.30. The molecule has 1 N–H and O–H groups in total. The van der Waals surface area contributed by atoms with Crippen molar-refractivity contribution in [3.63, 3.8) is 0 Å². The van der Waals surface area contributed by atoms with Crippen molar-refractivity contribution >= 4 is 17.4 Å². The zero-order valence-corrected chi connectivity index (χ0v) is 9.82. The van der Waals surface area contributed by atoms with Crippen LogP contribution in [0.4, 0.5) is 5.82 Å². The second-order valence-corrected chi connectivity index (χ2v) is 4.91. The van der Waals surface area contributed by atoms with Crippen molar-refractivity contribution in [1.82, 2.24) is 14.9 Å². The zero-order chi connectivity index (χ0) is 11.0. The van der Waals surface area contributed by atoms with Gasteiger partial charge in [0.1, 0.15) is 17.2 Å². The van der Waals surface area contributed by atoms with Crippen LogP contribution in [0, 0.1) is 0 Å². The molecule has 2 saturated heterocycles. The van der Waals surface area contributed by atoms with Crippen LogP contribution in [0.1, 0.15) is 19.3 Å². The monoisotopic (exact) mass is 238 g/mol. The van der Waals surface area contributed by atoms with Gasteiger partial charge in [-0.05, 0) is 25.8 Å². The highest BCUT2D eigenvalue weighted by molar-refractivity contribution is 6.32. The third-order valence-electron chi connectivity index (χ3n) is 3.60. The van der Waals surface area contributed by atoms with Gasteiger partial charge in [0.2, 0.25) is 0 Å². The average molecular weight is 239 g/mol. The van der Waals surface area contributed by atoms with Crippen LogP contribution in [0.5, 0.6) is 0 Å². The summed E-state index contributed by atoms with van der Waals surface area (Å²) < 4.78 is 0. The van der Waals surface area contributed by atoms with Gasteiger partial charge in [0, 0.05) is 18.6 Å². The number of fused-ring (bicyclic) bond motifs is 1. The van der Waals surface area contributed by atoms with E-state index in [1.54, 1.807) is 6.20 Å². The Kier molecular flexibility index (Phi) is 2.69. The van der Waals surface area contributed by atoms with Crippen LogP contribution in [-0.4, -0.2) is 40.0 Å². The number of hydrogen-bond donors (Lipinski definition) is 1. The molecule has 3 heterocycles. The second kappa shape index (κ2) is 4.18. The fourth-order valence-electron chi connectivity index (χ4n) is 2.85. The molecule has 1 aromatic heterocycles. The van der Waals surface area contributed by atoms with Crippen molar-refractivity contribution < 1.29 is 0 Å². The van der Waals surface area contributed by atoms with E-state index in [1.807, 2.05) is 0 Å². The van der Waals surface area contributed by atoms with E-state index in [1.165, 1.54) is 38.7 Å². The third-order valence-corrected chi connectivity index (χ3v) is 3.87. The Morgan fingerprint density at radius 1 is 1.38 bits per heavy atom. The summed E-state index contributed by atoms with van der Waals surface area (Å²) in [6.45, 7) is 2.45. The molecule has 0 bridgehead atoms. The summed E-state index contributed by atoms with van der Waals surface area (Å²) in [5.74, 6) is 0.774. The molecule has 2 atom stereocenters. The summed E-state index contributed by atoms with van der Waals surface area (Å²) in [5, 5.41) is 4.07. The molecule has 0 amide bonds. The zero-order valence-electron chi connectivity index (χ0n) is 9.06. The summed E-state index contributed by atoms with van der Waals surface area (Å²) in [5.41, 5.74) is 0. The smallest absolute Gasteiger partial charge is 0.148 e. The molecule has 1 aromatic rings. The van der Waals surface area contributed by atoms with Crippen molar-refractivity contribution in [3.8, 4) is 0 Å². The van der Waals surface area contributed by atoms with Gasteiger partial charge in [-0.1, -0.05) is 11.6 Å². The van der Waals surface area contributed by atoms with Crippen LogP contribution >= 0.6 is 11.6 Å². The Morgan fingerprint density at radius 2 is 2.31 bits per heavy atom. The molecule has 3 rings (SSSR count). The first-order chi connectivity index (χ1) is 7.84. The van der Waals surface area contributed by atoms with Gasteiger partial charge in [0.05, 0.1) is 6.20 Å². The molecule has 5 heteroatoms. The molecule has 86 valence electrons. The van der Waals surface area contributed by atoms with Crippen LogP contribution in [0.3, 0.4) is 0 Å². The number of hydrogen-bond acceptors (Lipinski definition) is 4. The van der Waals surface area contributed by atoms with Crippen molar-refractivity contribution in [1.29, 1.82) is 0 Å². The third kappa shape index (κ3) is 1.76. The number of halogens is 1. The molecule has 2 aliphatic rings. The fraction of sp³-hybridized carbons (Fsp3) is 0.636. The molecular weight excluding hydrogens is 224 g/mol. The largest absolute Gasteiger partial charge is 0.364 e. The molecule has 16 heavy (non-hydrogen) atoms. The van der Waals surface area contributed by atoms with Crippen molar-refractivity contribution in [2.45, 2.75) is 31.3 Å². The topological polar surface area (TPSA) is 41.1 Å². The molecule has 0 aliphatic carbocycles. The van der Waals surface area contributed by atoms with Crippen LogP contribution in [0.2, 0.25) is 5.02 Å². The first-order valence-electron chi connectivity index (χ1n) is 5.81. The first-order valence-corrected chi connectivity index (χ1v) is 6.18. The number of aromatic nitrogens is 2. The lowest BCUT2D eigenvalue weighted by molar-refractivity contribution is 0.318. The molecule has 2 unspecified atom stereocenters. The van der Waals surface area contributed by atoms with E-state index in [4.69, 9.17) is 11.6 Å². The molecule has 0 saturated carbocycles. The summed E-state index contributed by atoms with van der Waals surface area (Å²) in [4.78, 5) is 10.6. The Bertz CT molecular complexity index is 384. The van der Waals surface area contributed by atoms with Gasteiger partial charge in [0.15, 0.2) is 0 Å². The van der Waals surface area contributed by atoms with Gasteiger partial charge in [-0.2, -0.15) is 0 Å². The number of nitrogens with one attached hydrogen (secondary N) is 1. The van der Waals surface area contributed by atoms with Gasteiger partial charge < -0.3 is 5.32 Å². The molecule has 0 aromatic carbocycles. The quantitative estimate of drug-likeness (QED) is 0.853. The summed E-state index contributed by atoms with van der Waals surface area (Å²) in [6.07, 6.45) is 6.97. The SMILES string of the molecule is Clc1cncnc1NC1CCN2CCCC12. The van der Waals surface area contributed by atoms with E-state index in [0.29, 0.717) is 17.1 Å². The Balaban J connectivity index is 1.73. The minimum atomic E-state index is 0.495. The summed E-state index contributed by atoms with van der Waals surface area (Å²) in [6, 6.07) is 1.17. The first kappa shape index (κ1) is 10.3. The highest BCUT2D eigenvalue weighted by atomic mass is 35.5. The number of rotatable bonds is 2. The average Bonchev–Trinajstić information content (AvgIpc) is 2.86. The van der Waals surface area contributed by atoms with Crippen LogP contribution in [0.15, 0.2) is 12.5 Å². The van der Waals surface area contributed by atoms with Crippen LogP contribution in [0.25, 0.3) is 0 Å². The molecular formula is C11H15ClN4. The van der Waals surface area contributed by atoms with Crippen LogP contribution < -0.4 is 5.32 Å². The standard InChI is InChI=1S/C11H15ClN4/c12-8-6-13-7-14-11(8)15-9-3-5-16-4-1-2-10(9)16/h6-7,9-10H,1-5H2,(H,13,14,15). The maximum Gasteiger partial charge on any atom is 0.148 e. The Morgan fingerprint density at radius 3 is 3.19 bits per heavy atom. The lowest BCUT2D eigenvalue weighted by Gasteiger charge is -2.21. The van der Waals surface area contributed by atoms with Crippen molar-refractivity contribution in [2.24, 2.45) is 0 Å². The minimum absolute atomic E-state index is 0.495. The van der Waals surface area contributed by atoms with Gasteiger partial charge in [-0.25, -0.2) is 9.97 Å². The molecule has 0 spiro atoms. The number of anilines is 1. The van der Waals surface area contributed by atoms with Crippen molar-refractivity contribution in [3.05, 3.63) is 17.5 Å². The number of nitrogens with zero attached hydrogens (tertiary/aromatic N) is 3. The fourth-order valence-corrected chi connectivity index (χ4v) is 3.01. The molecule has 2 aliphatic heterocycles. The molecule has 4 nitrogen and oxygen atoms in total. The predicted molar refractivity (Wildman–Crippen MR) is 63.7 cm³/mol. The van der Waals surface area contributed by atoms with Gasteiger partial charge >= 0.3 is 0 Å². The van der Waals surface area contributed by atoms with E-state index in [9.17, 15) is 0 Å².